The van der Waals surface area contributed by atoms with E-state index >= 15 is 0 Å². The number of hydrogen-bond donors (Lipinski definition) is 1. The molecule has 4 nitrogen and oxygen atoms in total. The Labute approximate surface area is 100 Å². The molecule has 0 spiro atoms. The number of halogens is 1. The van der Waals surface area contributed by atoms with Gasteiger partial charge in [0.25, 0.3) is 0 Å². The minimum Gasteiger partial charge on any atom is -0.465 e. The number of nitrogens with one attached hydrogen (secondary N) is 1. The van der Waals surface area contributed by atoms with Crippen molar-refractivity contribution in [2.75, 3.05) is 38.5 Å². The van der Waals surface area contributed by atoms with Gasteiger partial charge in [-0.3, -0.25) is 0 Å². The van der Waals surface area contributed by atoms with Crippen LogP contribution in [0.25, 0.3) is 0 Å². The largest absolute Gasteiger partial charge is 0.465 e. The number of nitrogens with zero attached hydrogens (tertiary/aromatic N) is 1. The van der Waals surface area contributed by atoms with Gasteiger partial charge in [-0.25, -0.2) is 4.79 Å². The first-order valence-corrected chi connectivity index (χ1v) is 5.16. The maximum absolute atomic E-state index is 11.5. The third-order valence-corrected chi connectivity index (χ3v) is 2.62. The summed E-state index contributed by atoms with van der Waals surface area (Å²) in [6.45, 7) is 0. The molecule has 0 saturated heterocycles. The molecular weight excluding hydrogens is 228 g/mol. The lowest BCUT2D eigenvalue weighted by Gasteiger charge is -2.18. The summed E-state index contributed by atoms with van der Waals surface area (Å²) in [4.78, 5) is 13.3. The van der Waals surface area contributed by atoms with E-state index in [2.05, 4.69) is 10.1 Å². The van der Waals surface area contributed by atoms with Gasteiger partial charge in [0.05, 0.1) is 29.1 Å². The second-order valence-corrected chi connectivity index (χ2v) is 3.87. The van der Waals surface area contributed by atoms with E-state index in [9.17, 15) is 4.79 Å². The molecule has 1 rings (SSSR count). The fourth-order valence-corrected chi connectivity index (χ4v) is 1.72. The third kappa shape index (κ3) is 2.39. The molecule has 0 atom stereocenters. The quantitative estimate of drug-likeness (QED) is 0.826. The zero-order chi connectivity index (χ0) is 12.3. The van der Waals surface area contributed by atoms with Crippen LogP contribution < -0.4 is 10.2 Å². The van der Waals surface area contributed by atoms with Crippen LogP contribution in [-0.4, -0.2) is 34.2 Å². The molecule has 0 aliphatic rings. The molecule has 0 unspecified atom stereocenters. The molecule has 0 aliphatic carbocycles. The Balaban J connectivity index is 3.34. The molecular formula is C11H15ClN2O2. The summed E-state index contributed by atoms with van der Waals surface area (Å²) in [7, 11) is 6.83. The summed E-state index contributed by atoms with van der Waals surface area (Å²) >= 11 is 6.17. The van der Waals surface area contributed by atoms with Crippen molar-refractivity contribution in [1.82, 2.24) is 0 Å². The molecule has 5 heteroatoms. The van der Waals surface area contributed by atoms with Crippen molar-refractivity contribution >= 4 is 28.9 Å². The SMILES string of the molecule is CNc1cc(C(=O)OC)cc(N(C)C)c1Cl. The van der Waals surface area contributed by atoms with Gasteiger partial charge in [-0.05, 0) is 12.1 Å². The fourth-order valence-electron chi connectivity index (χ4n) is 1.35. The molecule has 1 N–H and O–H groups in total. The summed E-state index contributed by atoms with van der Waals surface area (Å²) in [5.41, 5.74) is 1.95. The Morgan fingerprint density at radius 3 is 2.50 bits per heavy atom. The first-order valence-electron chi connectivity index (χ1n) is 4.78. The van der Waals surface area contributed by atoms with Gasteiger partial charge >= 0.3 is 5.97 Å². The van der Waals surface area contributed by atoms with Gasteiger partial charge in [0, 0.05) is 21.1 Å². The lowest BCUT2D eigenvalue weighted by molar-refractivity contribution is 0.0601. The summed E-state index contributed by atoms with van der Waals surface area (Å²) in [5, 5.41) is 3.53. The lowest BCUT2D eigenvalue weighted by Crippen LogP contribution is -2.12. The maximum atomic E-state index is 11.5. The van der Waals surface area contributed by atoms with Crippen molar-refractivity contribution in [3.05, 3.63) is 22.7 Å². The van der Waals surface area contributed by atoms with Gasteiger partial charge in [-0.1, -0.05) is 11.6 Å². The smallest absolute Gasteiger partial charge is 0.337 e. The van der Waals surface area contributed by atoms with E-state index in [1.165, 1.54) is 7.11 Å². The molecule has 1 aromatic rings. The number of hydrogen-bond acceptors (Lipinski definition) is 4. The molecule has 0 aliphatic heterocycles. The van der Waals surface area contributed by atoms with Crippen LogP contribution in [0.5, 0.6) is 0 Å². The van der Waals surface area contributed by atoms with Crippen LogP contribution in [0.2, 0.25) is 5.02 Å². The minimum absolute atomic E-state index is 0.378. The standard InChI is InChI=1S/C11H15ClN2O2/c1-13-8-5-7(11(15)16-4)6-9(10(8)12)14(2)3/h5-6,13H,1-4H3. The van der Waals surface area contributed by atoms with E-state index in [1.54, 1.807) is 19.2 Å². The number of methoxy groups -OCH3 is 1. The molecule has 1 aromatic carbocycles. The average Bonchev–Trinajstić information content (AvgIpc) is 2.27. The summed E-state index contributed by atoms with van der Waals surface area (Å²) in [6.07, 6.45) is 0. The maximum Gasteiger partial charge on any atom is 0.337 e. The molecule has 88 valence electrons. The number of esters is 1. The Morgan fingerprint density at radius 2 is 2.06 bits per heavy atom. The number of ether oxygens (including phenoxy) is 1. The zero-order valence-corrected chi connectivity index (χ0v) is 10.6. The Bertz CT molecular complexity index is 405. The predicted octanol–water partition coefficient (Wildman–Crippen LogP) is 2.23. The summed E-state index contributed by atoms with van der Waals surface area (Å²) < 4.78 is 4.68. The van der Waals surface area contributed by atoms with E-state index < -0.39 is 0 Å². The highest BCUT2D eigenvalue weighted by Crippen LogP contribution is 2.33. The van der Waals surface area contributed by atoms with Crippen molar-refractivity contribution in [3.8, 4) is 0 Å². The van der Waals surface area contributed by atoms with E-state index in [-0.39, 0.29) is 5.97 Å². The fraction of sp³-hybridized carbons (Fsp3) is 0.364. The van der Waals surface area contributed by atoms with Crippen molar-refractivity contribution in [1.29, 1.82) is 0 Å². The second-order valence-electron chi connectivity index (χ2n) is 3.49. The van der Waals surface area contributed by atoms with Crippen molar-refractivity contribution in [2.24, 2.45) is 0 Å². The van der Waals surface area contributed by atoms with Gasteiger partial charge in [0.1, 0.15) is 0 Å². The predicted molar refractivity (Wildman–Crippen MR) is 66.7 cm³/mol. The number of carbonyl (C=O) groups excluding carboxylic acids is 1. The number of carbonyl (C=O) groups is 1. The van der Waals surface area contributed by atoms with Crippen LogP contribution in [0.15, 0.2) is 12.1 Å². The van der Waals surface area contributed by atoms with Gasteiger partial charge in [0.2, 0.25) is 0 Å². The van der Waals surface area contributed by atoms with E-state index in [0.717, 1.165) is 5.69 Å². The van der Waals surface area contributed by atoms with Crippen LogP contribution in [0, 0.1) is 0 Å². The lowest BCUT2D eigenvalue weighted by atomic mass is 10.1. The highest BCUT2D eigenvalue weighted by molar-refractivity contribution is 6.36. The molecule has 0 amide bonds. The van der Waals surface area contributed by atoms with Gasteiger partial charge in [-0.2, -0.15) is 0 Å². The Hall–Kier alpha value is -1.42. The van der Waals surface area contributed by atoms with Crippen LogP contribution in [-0.2, 0) is 4.74 Å². The molecule has 0 aromatic heterocycles. The van der Waals surface area contributed by atoms with Gasteiger partial charge < -0.3 is 15.0 Å². The van der Waals surface area contributed by atoms with Crippen LogP contribution in [0.3, 0.4) is 0 Å². The van der Waals surface area contributed by atoms with E-state index in [1.807, 2.05) is 19.0 Å². The molecule has 0 fully saturated rings. The number of anilines is 2. The highest BCUT2D eigenvalue weighted by atomic mass is 35.5. The first-order chi connectivity index (χ1) is 7.51. The molecule has 0 bridgehead atoms. The van der Waals surface area contributed by atoms with Crippen LogP contribution in [0.4, 0.5) is 11.4 Å². The van der Waals surface area contributed by atoms with E-state index in [4.69, 9.17) is 11.6 Å². The molecule has 0 heterocycles. The molecule has 0 radical (unpaired) electrons. The topological polar surface area (TPSA) is 41.6 Å². The summed E-state index contributed by atoms with van der Waals surface area (Å²) in [5.74, 6) is -0.378. The van der Waals surface area contributed by atoms with Crippen molar-refractivity contribution in [2.45, 2.75) is 0 Å². The monoisotopic (exact) mass is 242 g/mol. The minimum atomic E-state index is -0.378. The van der Waals surface area contributed by atoms with Crippen LogP contribution in [0.1, 0.15) is 10.4 Å². The second kappa shape index (κ2) is 5.07. The third-order valence-electron chi connectivity index (χ3n) is 2.23. The Morgan fingerprint density at radius 1 is 1.44 bits per heavy atom. The zero-order valence-electron chi connectivity index (χ0n) is 9.80. The Kier molecular flexibility index (Phi) is 4.01. The number of benzene rings is 1. The average molecular weight is 243 g/mol. The van der Waals surface area contributed by atoms with Gasteiger partial charge in [0.15, 0.2) is 0 Å². The molecule has 0 saturated carbocycles. The van der Waals surface area contributed by atoms with Crippen LogP contribution >= 0.6 is 11.6 Å². The normalized spacial score (nSPS) is 9.81. The van der Waals surface area contributed by atoms with Crippen molar-refractivity contribution < 1.29 is 9.53 Å². The number of rotatable bonds is 3. The van der Waals surface area contributed by atoms with Crippen molar-refractivity contribution in [3.63, 3.8) is 0 Å². The highest BCUT2D eigenvalue weighted by Gasteiger charge is 2.14. The first kappa shape index (κ1) is 12.6. The molecule has 16 heavy (non-hydrogen) atoms. The summed E-state index contributed by atoms with van der Waals surface area (Å²) in [6, 6.07) is 3.37. The van der Waals surface area contributed by atoms with E-state index in [0.29, 0.717) is 16.3 Å². The van der Waals surface area contributed by atoms with Gasteiger partial charge in [-0.15, -0.1) is 0 Å².